The maximum absolute atomic E-state index is 12.2. The van der Waals surface area contributed by atoms with Crippen molar-refractivity contribution in [3.8, 4) is 0 Å². The predicted molar refractivity (Wildman–Crippen MR) is 60.0 cm³/mol. The minimum atomic E-state index is -0.151. The van der Waals surface area contributed by atoms with E-state index in [4.69, 9.17) is 4.74 Å². The summed E-state index contributed by atoms with van der Waals surface area (Å²) in [6, 6.07) is 0. The second kappa shape index (κ2) is 4.00. The summed E-state index contributed by atoms with van der Waals surface area (Å²) in [6.45, 7) is 6.08. The third kappa shape index (κ3) is 1.74. The third-order valence-electron chi connectivity index (χ3n) is 4.21. The summed E-state index contributed by atoms with van der Waals surface area (Å²) in [7, 11) is 0. The number of carbonyl (C=O) groups is 1. The van der Waals surface area contributed by atoms with E-state index in [1.54, 1.807) is 0 Å². The van der Waals surface area contributed by atoms with Gasteiger partial charge in [0.1, 0.15) is 6.10 Å². The van der Waals surface area contributed by atoms with Gasteiger partial charge in [0.15, 0.2) is 0 Å². The summed E-state index contributed by atoms with van der Waals surface area (Å²) in [5.74, 6) is 1.60. The molecule has 1 N–H and O–H groups in total. The number of nitrogens with one attached hydrogen (secondary N) is 1. The Labute approximate surface area is 96.3 Å². The van der Waals surface area contributed by atoms with Crippen molar-refractivity contribution in [1.82, 2.24) is 10.2 Å². The van der Waals surface area contributed by atoms with Crippen LogP contribution in [-0.4, -0.2) is 49.2 Å². The van der Waals surface area contributed by atoms with Crippen LogP contribution >= 0.6 is 0 Å². The van der Waals surface area contributed by atoms with E-state index in [9.17, 15) is 4.79 Å². The van der Waals surface area contributed by atoms with Crippen molar-refractivity contribution in [2.45, 2.75) is 32.0 Å². The number of carbonyl (C=O) groups excluding carboxylic acids is 1. The van der Waals surface area contributed by atoms with Crippen LogP contribution in [0.1, 0.15) is 19.8 Å². The SMILES string of the molecule is CC1CCC(C(=O)N2C[C@H]3CNC[C@H]3C2)O1. The molecule has 0 aromatic carbocycles. The van der Waals surface area contributed by atoms with E-state index in [-0.39, 0.29) is 18.1 Å². The van der Waals surface area contributed by atoms with E-state index >= 15 is 0 Å². The number of nitrogens with zero attached hydrogens (tertiary/aromatic N) is 1. The Morgan fingerprint density at radius 1 is 1.25 bits per heavy atom. The second-order valence-electron chi connectivity index (χ2n) is 5.43. The molecule has 3 saturated heterocycles. The third-order valence-corrected chi connectivity index (χ3v) is 4.21. The normalized spacial score (nSPS) is 42.7. The summed E-state index contributed by atoms with van der Waals surface area (Å²) < 4.78 is 5.65. The molecule has 3 heterocycles. The Morgan fingerprint density at radius 2 is 1.94 bits per heavy atom. The highest BCUT2D eigenvalue weighted by Gasteiger charge is 2.41. The smallest absolute Gasteiger partial charge is 0.251 e. The first-order chi connectivity index (χ1) is 7.74. The largest absolute Gasteiger partial charge is 0.365 e. The molecule has 16 heavy (non-hydrogen) atoms. The summed E-state index contributed by atoms with van der Waals surface area (Å²) in [5.41, 5.74) is 0. The first-order valence-corrected chi connectivity index (χ1v) is 6.39. The molecule has 4 heteroatoms. The molecule has 90 valence electrons. The minimum Gasteiger partial charge on any atom is -0.365 e. The Hall–Kier alpha value is -0.610. The van der Waals surface area contributed by atoms with Gasteiger partial charge in [0.05, 0.1) is 6.10 Å². The van der Waals surface area contributed by atoms with Gasteiger partial charge < -0.3 is 15.0 Å². The molecular weight excluding hydrogens is 204 g/mol. The van der Waals surface area contributed by atoms with Crippen LogP contribution in [-0.2, 0) is 9.53 Å². The number of rotatable bonds is 1. The van der Waals surface area contributed by atoms with E-state index in [0.717, 1.165) is 39.0 Å². The van der Waals surface area contributed by atoms with Gasteiger partial charge in [-0.3, -0.25) is 4.79 Å². The van der Waals surface area contributed by atoms with Gasteiger partial charge in [-0.25, -0.2) is 0 Å². The molecule has 4 atom stereocenters. The molecule has 3 rings (SSSR count). The zero-order chi connectivity index (χ0) is 11.1. The van der Waals surface area contributed by atoms with Crippen molar-refractivity contribution in [2.24, 2.45) is 11.8 Å². The molecule has 4 nitrogen and oxygen atoms in total. The Kier molecular flexibility index (Phi) is 2.64. The van der Waals surface area contributed by atoms with Crippen LogP contribution in [0.25, 0.3) is 0 Å². The molecule has 0 bridgehead atoms. The lowest BCUT2D eigenvalue weighted by molar-refractivity contribution is -0.141. The summed E-state index contributed by atoms with van der Waals surface area (Å²) >= 11 is 0. The highest BCUT2D eigenvalue weighted by molar-refractivity contribution is 5.81. The topological polar surface area (TPSA) is 41.6 Å². The van der Waals surface area contributed by atoms with Crippen LogP contribution in [0.2, 0.25) is 0 Å². The molecule has 0 radical (unpaired) electrons. The van der Waals surface area contributed by atoms with Crippen LogP contribution < -0.4 is 5.32 Å². The number of likely N-dealkylation sites (tertiary alicyclic amines) is 1. The monoisotopic (exact) mass is 224 g/mol. The van der Waals surface area contributed by atoms with E-state index in [0.29, 0.717) is 11.8 Å². The van der Waals surface area contributed by atoms with Gasteiger partial charge in [0.2, 0.25) is 0 Å². The van der Waals surface area contributed by atoms with Gasteiger partial charge in [0.25, 0.3) is 5.91 Å². The van der Waals surface area contributed by atoms with Gasteiger partial charge in [-0.1, -0.05) is 0 Å². The van der Waals surface area contributed by atoms with Gasteiger partial charge in [-0.2, -0.15) is 0 Å². The number of ether oxygens (including phenoxy) is 1. The van der Waals surface area contributed by atoms with Crippen molar-refractivity contribution in [3.05, 3.63) is 0 Å². The fraction of sp³-hybridized carbons (Fsp3) is 0.917. The van der Waals surface area contributed by atoms with Crippen LogP contribution in [0.15, 0.2) is 0 Å². The van der Waals surface area contributed by atoms with Crippen LogP contribution in [0.3, 0.4) is 0 Å². The molecule has 3 aliphatic heterocycles. The standard InChI is InChI=1S/C12H20N2O2/c1-8-2-3-11(16-8)12(15)14-6-9-4-13-5-10(9)7-14/h8-11,13H,2-7H2,1H3/t8?,9-,10+,11?. The quantitative estimate of drug-likeness (QED) is 0.693. The van der Waals surface area contributed by atoms with Gasteiger partial charge in [-0.15, -0.1) is 0 Å². The average molecular weight is 224 g/mol. The molecule has 3 aliphatic rings. The predicted octanol–water partition coefficient (Wildman–Crippen LogP) is 0.232. The van der Waals surface area contributed by atoms with Gasteiger partial charge >= 0.3 is 0 Å². The van der Waals surface area contributed by atoms with E-state index < -0.39 is 0 Å². The highest BCUT2D eigenvalue weighted by Crippen LogP contribution is 2.29. The van der Waals surface area contributed by atoms with Gasteiger partial charge in [-0.05, 0) is 31.6 Å². The maximum atomic E-state index is 12.2. The number of hydrogen-bond acceptors (Lipinski definition) is 3. The Morgan fingerprint density at radius 3 is 2.50 bits per heavy atom. The molecule has 0 aliphatic carbocycles. The van der Waals surface area contributed by atoms with E-state index in [1.165, 1.54) is 0 Å². The van der Waals surface area contributed by atoms with Crippen molar-refractivity contribution in [2.75, 3.05) is 26.2 Å². The molecule has 0 saturated carbocycles. The lowest BCUT2D eigenvalue weighted by atomic mass is 10.0. The van der Waals surface area contributed by atoms with Crippen LogP contribution in [0.5, 0.6) is 0 Å². The summed E-state index contributed by atoms with van der Waals surface area (Å²) in [4.78, 5) is 14.2. The molecule has 0 spiro atoms. The zero-order valence-electron chi connectivity index (χ0n) is 9.82. The summed E-state index contributed by atoms with van der Waals surface area (Å²) in [6.07, 6.45) is 2.04. The molecule has 1 amide bonds. The average Bonchev–Trinajstić information content (AvgIpc) is 2.89. The molecular formula is C12H20N2O2. The first kappa shape index (κ1) is 10.5. The molecule has 3 fully saturated rings. The van der Waals surface area contributed by atoms with Crippen molar-refractivity contribution in [3.63, 3.8) is 0 Å². The van der Waals surface area contributed by atoms with E-state index in [2.05, 4.69) is 12.2 Å². The lowest BCUT2D eigenvalue weighted by Crippen LogP contribution is -2.39. The molecule has 2 unspecified atom stereocenters. The first-order valence-electron chi connectivity index (χ1n) is 6.39. The fourth-order valence-corrected chi connectivity index (χ4v) is 3.22. The van der Waals surface area contributed by atoms with Gasteiger partial charge in [0, 0.05) is 26.2 Å². The number of amides is 1. The Balaban J connectivity index is 1.60. The van der Waals surface area contributed by atoms with Crippen molar-refractivity contribution in [1.29, 1.82) is 0 Å². The molecule has 0 aromatic heterocycles. The second-order valence-corrected chi connectivity index (χ2v) is 5.43. The van der Waals surface area contributed by atoms with Crippen LogP contribution in [0.4, 0.5) is 0 Å². The van der Waals surface area contributed by atoms with Crippen molar-refractivity contribution < 1.29 is 9.53 Å². The zero-order valence-corrected chi connectivity index (χ0v) is 9.82. The van der Waals surface area contributed by atoms with Crippen molar-refractivity contribution >= 4 is 5.91 Å². The Bertz CT molecular complexity index is 283. The fourth-order valence-electron chi connectivity index (χ4n) is 3.22. The minimum absolute atomic E-state index is 0.151. The summed E-state index contributed by atoms with van der Waals surface area (Å²) in [5, 5.41) is 3.39. The molecule has 0 aromatic rings. The van der Waals surface area contributed by atoms with E-state index in [1.807, 2.05) is 4.90 Å². The maximum Gasteiger partial charge on any atom is 0.251 e. The highest BCUT2D eigenvalue weighted by atomic mass is 16.5. The lowest BCUT2D eigenvalue weighted by Gasteiger charge is -2.21. The number of fused-ring (bicyclic) bond motifs is 1. The van der Waals surface area contributed by atoms with Crippen LogP contribution in [0, 0.1) is 11.8 Å². The number of hydrogen-bond donors (Lipinski definition) is 1.